The molecule has 0 aromatic heterocycles. The monoisotopic (exact) mass is 198 g/mol. The topological polar surface area (TPSA) is 15.3 Å². The van der Waals surface area contributed by atoms with Gasteiger partial charge in [-0.25, -0.2) is 0 Å². The van der Waals surface area contributed by atoms with Gasteiger partial charge in [0.2, 0.25) is 0 Å². The summed E-state index contributed by atoms with van der Waals surface area (Å²) in [7, 11) is 0. The first-order chi connectivity index (χ1) is 6.84. The molecule has 0 aromatic rings. The first-order valence-electron chi connectivity index (χ1n) is 6.29. The minimum Gasteiger partial charge on any atom is -0.315 e. The minimum absolute atomic E-state index is 0.735. The van der Waals surface area contributed by atoms with Crippen LogP contribution in [-0.2, 0) is 0 Å². The van der Waals surface area contributed by atoms with E-state index in [2.05, 4.69) is 24.1 Å². The molecule has 1 fully saturated rings. The molecule has 2 heteroatoms. The fraction of sp³-hybridized carbons (Fsp3) is 1.00. The highest BCUT2D eigenvalue weighted by molar-refractivity contribution is 4.73. The van der Waals surface area contributed by atoms with E-state index < -0.39 is 0 Å². The molecule has 0 aromatic carbocycles. The molecule has 1 unspecified atom stereocenters. The molecule has 1 aliphatic heterocycles. The van der Waals surface area contributed by atoms with E-state index in [1.165, 1.54) is 58.3 Å². The molecule has 0 bridgehead atoms. The van der Waals surface area contributed by atoms with Gasteiger partial charge in [0.25, 0.3) is 0 Å². The molecule has 2 nitrogen and oxygen atoms in total. The molecule has 1 atom stereocenters. The van der Waals surface area contributed by atoms with Gasteiger partial charge < -0.3 is 5.32 Å². The molecular weight excluding hydrogens is 172 g/mol. The molecule has 0 radical (unpaired) electrons. The summed E-state index contributed by atoms with van der Waals surface area (Å²) in [6.45, 7) is 9.60. The van der Waals surface area contributed by atoms with Crippen molar-refractivity contribution < 1.29 is 0 Å². The minimum atomic E-state index is 0.735. The van der Waals surface area contributed by atoms with Crippen molar-refractivity contribution in [2.45, 2.75) is 52.0 Å². The molecule has 0 saturated carbocycles. The van der Waals surface area contributed by atoms with Crippen molar-refractivity contribution in [3.8, 4) is 0 Å². The lowest BCUT2D eigenvalue weighted by molar-refractivity contribution is 0.218. The summed E-state index contributed by atoms with van der Waals surface area (Å²) in [5.74, 6) is 0. The van der Waals surface area contributed by atoms with Crippen LogP contribution in [0, 0.1) is 0 Å². The zero-order valence-corrected chi connectivity index (χ0v) is 9.89. The molecule has 0 spiro atoms. The predicted octanol–water partition coefficient (Wildman–Crippen LogP) is 2.25. The van der Waals surface area contributed by atoms with Crippen LogP contribution in [0.2, 0.25) is 0 Å². The highest BCUT2D eigenvalue weighted by Crippen LogP contribution is 2.07. The molecule has 0 aliphatic carbocycles. The van der Waals surface area contributed by atoms with E-state index >= 15 is 0 Å². The lowest BCUT2D eigenvalue weighted by atomic mass is 10.2. The summed E-state index contributed by atoms with van der Waals surface area (Å²) >= 11 is 0. The van der Waals surface area contributed by atoms with Gasteiger partial charge in [0.05, 0.1) is 0 Å². The highest BCUT2D eigenvalue weighted by Gasteiger charge is 2.15. The SMILES string of the molecule is CCCCCCN1CCCNCC1C. The van der Waals surface area contributed by atoms with Gasteiger partial charge >= 0.3 is 0 Å². The lowest BCUT2D eigenvalue weighted by Gasteiger charge is -2.26. The van der Waals surface area contributed by atoms with Crippen molar-refractivity contribution in [3.05, 3.63) is 0 Å². The molecule has 84 valence electrons. The van der Waals surface area contributed by atoms with Crippen LogP contribution < -0.4 is 5.32 Å². The van der Waals surface area contributed by atoms with Crippen LogP contribution in [0.4, 0.5) is 0 Å². The Hall–Kier alpha value is -0.0800. The molecule has 0 amide bonds. The fourth-order valence-electron chi connectivity index (χ4n) is 2.14. The van der Waals surface area contributed by atoms with Gasteiger partial charge in [-0.1, -0.05) is 26.2 Å². The summed E-state index contributed by atoms with van der Waals surface area (Å²) in [4.78, 5) is 2.65. The van der Waals surface area contributed by atoms with E-state index in [1.54, 1.807) is 0 Å². The second-order valence-corrected chi connectivity index (χ2v) is 4.50. The molecule has 1 rings (SSSR count). The quantitative estimate of drug-likeness (QED) is 0.682. The molecule has 1 saturated heterocycles. The maximum Gasteiger partial charge on any atom is 0.0192 e. The first-order valence-corrected chi connectivity index (χ1v) is 6.29. The maximum absolute atomic E-state index is 3.49. The van der Waals surface area contributed by atoms with Crippen molar-refractivity contribution in [2.24, 2.45) is 0 Å². The van der Waals surface area contributed by atoms with Gasteiger partial charge in [-0.05, 0) is 39.4 Å². The van der Waals surface area contributed by atoms with Gasteiger partial charge in [-0.15, -0.1) is 0 Å². The van der Waals surface area contributed by atoms with Crippen LogP contribution in [-0.4, -0.2) is 37.1 Å². The van der Waals surface area contributed by atoms with E-state index in [-0.39, 0.29) is 0 Å². The second kappa shape index (κ2) is 7.24. The third kappa shape index (κ3) is 4.43. The number of rotatable bonds is 5. The first kappa shape index (κ1) is 12.0. The van der Waals surface area contributed by atoms with E-state index in [0.29, 0.717) is 0 Å². The largest absolute Gasteiger partial charge is 0.315 e. The number of nitrogens with one attached hydrogen (secondary N) is 1. The normalized spacial score (nSPS) is 24.9. The third-order valence-electron chi connectivity index (χ3n) is 3.16. The van der Waals surface area contributed by atoms with E-state index in [0.717, 1.165) is 6.04 Å². The standard InChI is InChI=1S/C12H26N2/c1-3-4-5-6-9-14-10-7-8-13-11-12(14)2/h12-13H,3-11H2,1-2H3. The molecular formula is C12H26N2. The summed E-state index contributed by atoms with van der Waals surface area (Å²) < 4.78 is 0. The Balaban J connectivity index is 2.13. The predicted molar refractivity (Wildman–Crippen MR) is 62.7 cm³/mol. The molecule has 1 heterocycles. The number of nitrogens with zero attached hydrogens (tertiary/aromatic N) is 1. The van der Waals surface area contributed by atoms with Crippen LogP contribution in [0.25, 0.3) is 0 Å². The fourth-order valence-corrected chi connectivity index (χ4v) is 2.14. The smallest absolute Gasteiger partial charge is 0.0192 e. The van der Waals surface area contributed by atoms with E-state index in [1.807, 2.05) is 0 Å². The van der Waals surface area contributed by atoms with Gasteiger partial charge in [0, 0.05) is 12.6 Å². The molecule has 14 heavy (non-hydrogen) atoms. The van der Waals surface area contributed by atoms with Crippen molar-refractivity contribution >= 4 is 0 Å². The van der Waals surface area contributed by atoms with Crippen LogP contribution >= 0.6 is 0 Å². The molecule has 1 aliphatic rings. The zero-order valence-electron chi connectivity index (χ0n) is 9.89. The Labute approximate surface area is 89.1 Å². The van der Waals surface area contributed by atoms with Gasteiger partial charge in [-0.2, -0.15) is 0 Å². The number of unbranched alkanes of at least 4 members (excludes halogenated alkanes) is 3. The summed E-state index contributed by atoms with van der Waals surface area (Å²) in [5, 5.41) is 3.49. The zero-order chi connectivity index (χ0) is 10.2. The Morgan fingerprint density at radius 1 is 1.29 bits per heavy atom. The van der Waals surface area contributed by atoms with Gasteiger partial charge in [0.15, 0.2) is 0 Å². The summed E-state index contributed by atoms with van der Waals surface area (Å²) in [6, 6.07) is 0.735. The van der Waals surface area contributed by atoms with Gasteiger partial charge in [0.1, 0.15) is 0 Å². The Morgan fingerprint density at radius 3 is 2.93 bits per heavy atom. The van der Waals surface area contributed by atoms with Crippen LogP contribution in [0.15, 0.2) is 0 Å². The summed E-state index contributed by atoms with van der Waals surface area (Å²) in [5.41, 5.74) is 0. The van der Waals surface area contributed by atoms with Crippen molar-refractivity contribution in [3.63, 3.8) is 0 Å². The van der Waals surface area contributed by atoms with Crippen molar-refractivity contribution in [1.29, 1.82) is 0 Å². The van der Waals surface area contributed by atoms with Gasteiger partial charge in [-0.3, -0.25) is 4.90 Å². The van der Waals surface area contributed by atoms with Crippen LogP contribution in [0.3, 0.4) is 0 Å². The van der Waals surface area contributed by atoms with E-state index in [4.69, 9.17) is 0 Å². The Morgan fingerprint density at radius 2 is 2.14 bits per heavy atom. The van der Waals surface area contributed by atoms with Crippen molar-refractivity contribution in [2.75, 3.05) is 26.2 Å². The number of hydrogen-bond acceptors (Lipinski definition) is 2. The van der Waals surface area contributed by atoms with Crippen molar-refractivity contribution in [1.82, 2.24) is 10.2 Å². The second-order valence-electron chi connectivity index (χ2n) is 4.50. The summed E-state index contributed by atoms with van der Waals surface area (Å²) in [6.07, 6.45) is 6.86. The average molecular weight is 198 g/mol. The van der Waals surface area contributed by atoms with E-state index in [9.17, 15) is 0 Å². The third-order valence-corrected chi connectivity index (χ3v) is 3.16. The lowest BCUT2D eigenvalue weighted by Crippen LogP contribution is -2.37. The Bertz CT molecular complexity index is 136. The Kier molecular flexibility index (Phi) is 6.20. The average Bonchev–Trinajstić information content (AvgIpc) is 2.39. The molecule has 1 N–H and O–H groups in total. The highest BCUT2D eigenvalue weighted by atomic mass is 15.2. The van der Waals surface area contributed by atoms with Crippen LogP contribution in [0.1, 0.15) is 46.0 Å². The number of hydrogen-bond donors (Lipinski definition) is 1. The maximum atomic E-state index is 3.49. The van der Waals surface area contributed by atoms with Crippen LogP contribution in [0.5, 0.6) is 0 Å².